The Hall–Kier alpha value is -2.04. The Labute approximate surface area is 79.8 Å². The molecule has 0 radical (unpaired) electrons. The highest BCUT2D eigenvalue weighted by Crippen LogP contribution is 2.14. The monoisotopic (exact) mass is 191 g/mol. The van der Waals surface area contributed by atoms with Crippen LogP contribution in [0.2, 0.25) is 0 Å². The Bertz CT molecular complexity index is 516. The standard InChI is InChI=1S/C9H9N3O2/c1-5-8(10)12-3-2-6(9(13)14)4-7(12)11-5/h2-4H,10H2,1H3,(H,13,14). The zero-order valence-corrected chi connectivity index (χ0v) is 7.56. The van der Waals surface area contributed by atoms with Gasteiger partial charge in [0.25, 0.3) is 0 Å². The molecule has 2 heterocycles. The molecule has 0 aliphatic heterocycles. The first-order chi connectivity index (χ1) is 6.59. The molecule has 2 rings (SSSR count). The SMILES string of the molecule is Cc1nc2cc(C(=O)O)ccn2c1N. The summed E-state index contributed by atoms with van der Waals surface area (Å²) in [6.45, 7) is 1.78. The minimum atomic E-state index is -0.966. The number of rotatable bonds is 1. The highest BCUT2D eigenvalue weighted by molar-refractivity contribution is 5.88. The first-order valence-electron chi connectivity index (χ1n) is 4.07. The van der Waals surface area contributed by atoms with Gasteiger partial charge in [-0.15, -0.1) is 0 Å². The normalized spacial score (nSPS) is 10.6. The highest BCUT2D eigenvalue weighted by atomic mass is 16.4. The number of fused-ring (bicyclic) bond motifs is 1. The largest absolute Gasteiger partial charge is 0.478 e. The molecule has 0 unspecified atom stereocenters. The van der Waals surface area contributed by atoms with Crippen LogP contribution in [0.15, 0.2) is 18.3 Å². The van der Waals surface area contributed by atoms with Gasteiger partial charge in [-0.1, -0.05) is 0 Å². The molecule has 14 heavy (non-hydrogen) atoms. The first kappa shape index (κ1) is 8.55. The van der Waals surface area contributed by atoms with Gasteiger partial charge in [0.1, 0.15) is 11.5 Å². The number of anilines is 1. The van der Waals surface area contributed by atoms with Crippen molar-refractivity contribution in [3.63, 3.8) is 0 Å². The van der Waals surface area contributed by atoms with Crippen LogP contribution in [-0.2, 0) is 0 Å². The van der Waals surface area contributed by atoms with Crippen molar-refractivity contribution < 1.29 is 9.90 Å². The maximum absolute atomic E-state index is 10.7. The Morgan fingerprint density at radius 2 is 2.36 bits per heavy atom. The van der Waals surface area contributed by atoms with Gasteiger partial charge in [0.15, 0.2) is 0 Å². The van der Waals surface area contributed by atoms with Gasteiger partial charge in [0.05, 0.1) is 11.3 Å². The fourth-order valence-electron chi connectivity index (χ4n) is 1.31. The number of hydrogen-bond donors (Lipinski definition) is 2. The minimum Gasteiger partial charge on any atom is -0.478 e. The molecule has 2 aromatic heterocycles. The van der Waals surface area contributed by atoms with Crippen LogP contribution < -0.4 is 5.73 Å². The van der Waals surface area contributed by atoms with E-state index in [1.165, 1.54) is 12.1 Å². The lowest BCUT2D eigenvalue weighted by Gasteiger charge is -1.97. The summed E-state index contributed by atoms with van der Waals surface area (Å²) in [5.74, 6) is -0.427. The Morgan fingerprint density at radius 3 is 3.00 bits per heavy atom. The van der Waals surface area contributed by atoms with Crippen molar-refractivity contribution in [2.45, 2.75) is 6.92 Å². The number of aromatic carboxylic acids is 1. The van der Waals surface area contributed by atoms with Gasteiger partial charge in [-0.3, -0.25) is 4.40 Å². The average molecular weight is 191 g/mol. The van der Waals surface area contributed by atoms with E-state index in [2.05, 4.69) is 4.98 Å². The third kappa shape index (κ3) is 1.10. The second-order valence-electron chi connectivity index (χ2n) is 3.03. The summed E-state index contributed by atoms with van der Waals surface area (Å²) in [4.78, 5) is 14.8. The fraction of sp³-hybridized carbons (Fsp3) is 0.111. The zero-order valence-electron chi connectivity index (χ0n) is 7.56. The summed E-state index contributed by atoms with van der Waals surface area (Å²) in [5.41, 5.74) is 7.18. The van der Waals surface area contributed by atoms with E-state index in [1.54, 1.807) is 17.5 Å². The highest BCUT2D eigenvalue weighted by Gasteiger charge is 2.08. The number of nitrogens with two attached hydrogens (primary N) is 1. The summed E-state index contributed by atoms with van der Waals surface area (Å²) in [6.07, 6.45) is 1.61. The quantitative estimate of drug-likeness (QED) is 0.702. The van der Waals surface area contributed by atoms with E-state index in [4.69, 9.17) is 10.8 Å². The van der Waals surface area contributed by atoms with Crippen LogP contribution in [-0.4, -0.2) is 20.5 Å². The lowest BCUT2D eigenvalue weighted by molar-refractivity contribution is 0.0697. The van der Waals surface area contributed by atoms with Crippen molar-refractivity contribution in [3.8, 4) is 0 Å². The number of carboxylic acids is 1. The summed E-state index contributed by atoms with van der Waals surface area (Å²) >= 11 is 0. The molecule has 0 amide bonds. The van der Waals surface area contributed by atoms with Crippen LogP contribution in [0.25, 0.3) is 5.65 Å². The second kappa shape index (κ2) is 2.73. The van der Waals surface area contributed by atoms with Crippen molar-refractivity contribution >= 4 is 17.4 Å². The fourth-order valence-corrected chi connectivity index (χ4v) is 1.31. The molecular weight excluding hydrogens is 182 g/mol. The average Bonchev–Trinajstić information content (AvgIpc) is 2.42. The van der Waals surface area contributed by atoms with Gasteiger partial charge in [-0.05, 0) is 19.1 Å². The maximum Gasteiger partial charge on any atom is 0.335 e. The van der Waals surface area contributed by atoms with E-state index in [0.29, 0.717) is 17.2 Å². The maximum atomic E-state index is 10.7. The number of nitrogens with zero attached hydrogens (tertiary/aromatic N) is 2. The smallest absolute Gasteiger partial charge is 0.335 e. The number of aromatic nitrogens is 2. The summed E-state index contributed by atoms with van der Waals surface area (Å²) in [5, 5.41) is 8.75. The number of imidazole rings is 1. The van der Waals surface area contributed by atoms with Gasteiger partial charge in [-0.2, -0.15) is 0 Å². The van der Waals surface area contributed by atoms with Crippen LogP contribution in [0.4, 0.5) is 5.82 Å². The second-order valence-corrected chi connectivity index (χ2v) is 3.03. The van der Waals surface area contributed by atoms with E-state index in [1.807, 2.05) is 0 Å². The molecule has 0 saturated carbocycles. The summed E-state index contributed by atoms with van der Waals surface area (Å²) in [7, 11) is 0. The van der Waals surface area contributed by atoms with E-state index >= 15 is 0 Å². The molecule has 0 saturated heterocycles. The van der Waals surface area contributed by atoms with Gasteiger partial charge in [0, 0.05) is 6.20 Å². The molecule has 0 aliphatic carbocycles. The van der Waals surface area contributed by atoms with E-state index in [0.717, 1.165) is 0 Å². The number of aryl methyl sites for hydroxylation is 1. The molecule has 0 atom stereocenters. The first-order valence-corrected chi connectivity index (χ1v) is 4.07. The molecule has 2 aromatic rings. The molecule has 0 aliphatic rings. The van der Waals surface area contributed by atoms with E-state index in [-0.39, 0.29) is 5.56 Å². The van der Waals surface area contributed by atoms with Crippen LogP contribution in [0.1, 0.15) is 16.1 Å². The van der Waals surface area contributed by atoms with Gasteiger partial charge in [0.2, 0.25) is 0 Å². The third-order valence-electron chi connectivity index (χ3n) is 2.09. The van der Waals surface area contributed by atoms with Crippen LogP contribution in [0.3, 0.4) is 0 Å². The molecule has 0 bridgehead atoms. The number of hydrogen-bond acceptors (Lipinski definition) is 3. The Balaban J connectivity index is 2.73. The topological polar surface area (TPSA) is 80.6 Å². The van der Waals surface area contributed by atoms with Crippen LogP contribution >= 0.6 is 0 Å². The third-order valence-corrected chi connectivity index (χ3v) is 2.09. The van der Waals surface area contributed by atoms with Crippen molar-refractivity contribution in [2.75, 3.05) is 5.73 Å². The van der Waals surface area contributed by atoms with Crippen LogP contribution in [0.5, 0.6) is 0 Å². The molecule has 5 nitrogen and oxygen atoms in total. The minimum absolute atomic E-state index is 0.211. The van der Waals surface area contributed by atoms with Crippen molar-refractivity contribution in [2.24, 2.45) is 0 Å². The number of nitrogen functional groups attached to an aromatic ring is 1. The van der Waals surface area contributed by atoms with Gasteiger partial charge >= 0.3 is 5.97 Å². The van der Waals surface area contributed by atoms with Gasteiger partial charge in [-0.25, -0.2) is 9.78 Å². The molecular formula is C9H9N3O2. The lowest BCUT2D eigenvalue weighted by Crippen LogP contribution is -1.99. The predicted octanol–water partition coefficient (Wildman–Crippen LogP) is 0.923. The van der Waals surface area contributed by atoms with Crippen molar-refractivity contribution in [1.29, 1.82) is 0 Å². The molecule has 0 fully saturated rings. The summed E-state index contributed by atoms with van der Waals surface area (Å²) in [6, 6.07) is 2.98. The molecule has 0 aromatic carbocycles. The van der Waals surface area contributed by atoms with Crippen molar-refractivity contribution in [1.82, 2.24) is 9.38 Å². The molecule has 5 heteroatoms. The number of carboxylic acid groups (broad SMARTS) is 1. The van der Waals surface area contributed by atoms with E-state index < -0.39 is 5.97 Å². The van der Waals surface area contributed by atoms with Crippen LogP contribution in [0, 0.1) is 6.92 Å². The molecule has 3 N–H and O–H groups in total. The number of carbonyl (C=O) groups is 1. The zero-order chi connectivity index (χ0) is 10.3. The predicted molar refractivity (Wildman–Crippen MR) is 51.3 cm³/mol. The lowest BCUT2D eigenvalue weighted by atomic mass is 10.3. The Kier molecular flexibility index (Phi) is 1.67. The molecule has 0 spiro atoms. The Morgan fingerprint density at radius 1 is 1.64 bits per heavy atom. The van der Waals surface area contributed by atoms with Crippen molar-refractivity contribution in [3.05, 3.63) is 29.6 Å². The molecule has 72 valence electrons. The summed E-state index contributed by atoms with van der Waals surface area (Å²) < 4.78 is 1.65. The van der Waals surface area contributed by atoms with E-state index in [9.17, 15) is 4.79 Å². The van der Waals surface area contributed by atoms with Gasteiger partial charge < -0.3 is 10.8 Å². The number of pyridine rings is 1.